The summed E-state index contributed by atoms with van der Waals surface area (Å²) in [6.45, 7) is 0. The summed E-state index contributed by atoms with van der Waals surface area (Å²) in [5, 5.41) is 13.1. The molecule has 0 atom stereocenters. The van der Waals surface area contributed by atoms with Gasteiger partial charge >= 0.3 is 7.12 Å². The Hall–Kier alpha value is -2.02. The van der Waals surface area contributed by atoms with Gasteiger partial charge in [0.2, 0.25) is 0 Å². The zero-order chi connectivity index (χ0) is 12.4. The predicted molar refractivity (Wildman–Crippen MR) is 68.3 cm³/mol. The number of rotatable bonds is 3. The first-order valence-corrected chi connectivity index (χ1v) is 5.64. The number of benzene rings is 1. The maximum absolute atomic E-state index is 9.93. The topological polar surface area (TPSA) is 48.0 Å². The molecule has 2 N–H and O–H groups in total. The van der Waals surface area contributed by atoms with Crippen molar-refractivity contribution in [1.29, 1.82) is 0 Å². The van der Waals surface area contributed by atoms with Crippen molar-refractivity contribution in [2.24, 2.45) is 0 Å². The Morgan fingerprint density at radius 2 is 2.00 bits per heavy atom. The molecule has 2 aliphatic heterocycles. The SMILES string of the molecule is OB(ON1C=C2C=CC=CN2N1)c1ccccc1. The normalized spacial score (nSPS) is 16.8. The van der Waals surface area contributed by atoms with Crippen LogP contribution in [0.5, 0.6) is 0 Å². The molecule has 2 heterocycles. The molecule has 0 fully saturated rings. The number of allylic oxidation sites excluding steroid dienone is 3. The fourth-order valence-corrected chi connectivity index (χ4v) is 1.75. The van der Waals surface area contributed by atoms with Gasteiger partial charge in [0.15, 0.2) is 0 Å². The first kappa shape index (κ1) is 11.1. The van der Waals surface area contributed by atoms with Gasteiger partial charge in [0, 0.05) is 6.20 Å². The largest absolute Gasteiger partial charge is 0.516 e. The van der Waals surface area contributed by atoms with Gasteiger partial charge in [-0.1, -0.05) is 36.4 Å². The molecule has 0 aromatic heterocycles. The molecule has 5 nitrogen and oxygen atoms in total. The van der Waals surface area contributed by atoms with E-state index in [1.807, 2.05) is 42.6 Å². The molecule has 2 aliphatic rings. The summed E-state index contributed by atoms with van der Waals surface area (Å²) in [5.74, 6) is 0. The Bertz CT molecular complexity index is 515. The number of nitrogens with zero attached hydrogens (tertiary/aromatic N) is 2. The summed E-state index contributed by atoms with van der Waals surface area (Å²) in [5.41, 5.74) is 4.59. The summed E-state index contributed by atoms with van der Waals surface area (Å²) < 4.78 is 5.38. The van der Waals surface area contributed by atoms with Gasteiger partial charge in [0.05, 0.1) is 11.9 Å². The molecule has 0 amide bonds. The van der Waals surface area contributed by atoms with Gasteiger partial charge in [-0.25, -0.2) is 0 Å². The fraction of sp³-hybridized carbons (Fsp3) is 0. The first-order valence-electron chi connectivity index (χ1n) is 5.64. The van der Waals surface area contributed by atoms with Crippen LogP contribution in [0.25, 0.3) is 0 Å². The van der Waals surface area contributed by atoms with Crippen molar-refractivity contribution >= 4 is 12.6 Å². The van der Waals surface area contributed by atoms with Crippen molar-refractivity contribution in [2.75, 3.05) is 0 Å². The number of hydrogen-bond acceptors (Lipinski definition) is 5. The number of hydrogen-bond donors (Lipinski definition) is 2. The van der Waals surface area contributed by atoms with Gasteiger partial charge in [-0.15, -0.1) is 5.53 Å². The lowest BCUT2D eigenvalue weighted by Gasteiger charge is -2.22. The summed E-state index contributed by atoms with van der Waals surface area (Å²) in [4.78, 5) is 0. The molecule has 0 radical (unpaired) electrons. The van der Waals surface area contributed by atoms with E-state index >= 15 is 0 Å². The van der Waals surface area contributed by atoms with Gasteiger partial charge in [-0.3, -0.25) is 9.76 Å². The second-order valence-electron chi connectivity index (χ2n) is 3.92. The van der Waals surface area contributed by atoms with Crippen LogP contribution in [0.4, 0.5) is 0 Å². The summed E-state index contributed by atoms with van der Waals surface area (Å²) in [7, 11) is -1.01. The fourth-order valence-electron chi connectivity index (χ4n) is 1.75. The van der Waals surface area contributed by atoms with Gasteiger partial charge < -0.3 is 5.02 Å². The van der Waals surface area contributed by atoms with E-state index in [2.05, 4.69) is 5.53 Å². The molecule has 0 spiro atoms. The number of fused-ring (bicyclic) bond motifs is 1. The minimum atomic E-state index is -1.01. The van der Waals surface area contributed by atoms with Gasteiger partial charge in [-0.05, 0) is 17.6 Å². The summed E-state index contributed by atoms with van der Waals surface area (Å²) in [6, 6.07) is 9.21. The highest BCUT2D eigenvalue weighted by Gasteiger charge is 2.25. The third kappa shape index (κ3) is 2.17. The van der Waals surface area contributed by atoms with Crippen molar-refractivity contribution in [2.45, 2.75) is 0 Å². The molecule has 1 aromatic rings. The standard InChI is InChI=1S/C12H12BN3O2/c17-13(11-6-2-1-3-7-11)18-16-10-12-8-4-5-9-15(12)14-16/h1-10,14,17H. The zero-order valence-corrected chi connectivity index (χ0v) is 9.60. The van der Waals surface area contributed by atoms with Gasteiger partial charge in [0.25, 0.3) is 0 Å². The average molecular weight is 241 g/mol. The van der Waals surface area contributed by atoms with Crippen molar-refractivity contribution in [3.8, 4) is 0 Å². The number of nitrogens with one attached hydrogen (secondary N) is 1. The van der Waals surface area contributed by atoms with E-state index in [4.69, 9.17) is 4.76 Å². The lowest BCUT2D eigenvalue weighted by molar-refractivity contribution is -0.0949. The van der Waals surface area contributed by atoms with E-state index in [0.717, 1.165) is 5.70 Å². The maximum Gasteiger partial charge on any atom is 0.516 e. The monoisotopic (exact) mass is 241 g/mol. The highest BCUT2D eigenvalue weighted by molar-refractivity contribution is 6.59. The van der Waals surface area contributed by atoms with Crippen LogP contribution in [0.2, 0.25) is 0 Å². The molecule has 1 aromatic carbocycles. The third-order valence-corrected chi connectivity index (χ3v) is 2.65. The van der Waals surface area contributed by atoms with Crippen molar-refractivity contribution in [3.05, 3.63) is 66.7 Å². The smallest absolute Gasteiger partial charge is 0.422 e. The minimum Gasteiger partial charge on any atom is -0.422 e. The van der Waals surface area contributed by atoms with Crippen LogP contribution in [0.15, 0.2) is 66.7 Å². The van der Waals surface area contributed by atoms with E-state index in [-0.39, 0.29) is 0 Å². The van der Waals surface area contributed by atoms with Crippen molar-refractivity contribution < 1.29 is 9.78 Å². The minimum absolute atomic E-state index is 0.702. The van der Waals surface area contributed by atoms with Crippen LogP contribution < -0.4 is 11.0 Å². The quantitative estimate of drug-likeness (QED) is 0.744. The van der Waals surface area contributed by atoms with Crippen LogP contribution in [-0.4, -0.2) is 22.3 Å². The Labute approximate surface area is 105 Å². The predicted octanol–water partition coefficient (Wildman–Crippen LogP) is 0.268. The van der Waals surface area contributed by atoms with Crippen LogP contribution >= 0.6 is 0 Å². The average Bonchev–Trinajstić information content (AvgIpc) is 2.82. The lowest BCUT2D eigenvalue weighted by Crippen LogP contribution is -2.45. The Kier molecular flexibility index (Phi) is 2.89. The highest BCUT2D eigenvalue weighted by Crippen LogP contribution is 2.16. The van der Waals surface area contributed by atoms with Gasteiger partial charge in [-0.2, -0.15) is 5.17 Å². The molecular formula is C12H12BN3O2. The van der Waals surface area contributed by atoms with Crippen molar-refractivity contribution in [1.82, 2.24) is 15.7 Å². The van der Waals surface area contributed by atoms with Crippen molar-refractivity contribution in [3.63, 3.8) is 0 Å². The molecule has 3 rings (SSSR count). The van der Waals surface area contributed by atoms with Crippen LogP contribution in [0.1, 0.15) is 0 Å². The molecule has 0 aliphatic carbocycles. The molecule has 90 valence electrons. The number of hydroxylamine groups is 1. The second-order valence-corrected chi connectivity index (χ2v) is 3.92. The molecular weight excluding hydrogens is 229 g/mol. The summed E-state index contributed by atoms with van der Waals surface area (Å²) >= 11 is 0. The van der Waals surface area contributed by atoms with E-state index in [0.29, 0.717) is 5.46 Å². The first-order chi connectivity index (χ1) is 8.83. The molecule has 0 saturated heterocycles. The van der Waals surface area contributed by atoms with E-state index in [9.17, 15) is 5.02 Å². The van der Waals surface area contributed by atoms with E-state index in [1.165, 1.54) is 5.17 Å². The molecule has 18 heavy (non-hydrogen) atoms. The Balaban J connectivity index is 1.67. The van der Waals surface area contributed by atoms with E-state index < -0.39 is 7.12 Å². The molecule has 6 heteroatoms. The Morgan fingerprint density at radius 3 is 2.78 bits per heavy atom. The van der Waals surface area contributed by atoms with Gasteiger partial charge in [0.1, 0.15) is 0 Å². The molecule has 0 unspecified atom stereocenters. The summed E-state index contributed by atoms with van der Waals surface area (Å²) in [6.07, 6.45) is 9.39. The van der Waals surface area contributed by atoms with E-state index in [1.54, 1.807) is 23.3 Å². The highest BCUT2D eigenvalue weighted by atomic mass is 16.7. The maximum atomic E-state index is 9.93. The van der Waals surface area contributed by atoms with Crippen LogP contribution in [0.3, 0.4) is 0 Å². The zero-order valence-electron chi connectivity index (χ0n) is 9.60. The lowest BCUT2D eigenvalue weighted by atomic mass is 9.80. The van der Waals surface area contributed by atoms with Crippen LogP contribution in [0, 0.1) is 0 Å². The molecule has 0 bridgehead atoms. The Morgan fingerprint density at radius 1 is 1.17 bits per heavy atom. The number of hydrazine groups is 2. The molecule has 0 saturated carbocycles. The third-order valence-electron chi connectivity index (χ3n) is 2.65. The second kappa shape index (κ2) is 4.69. The van der Waals surface area contributed by atoms with Crippen LogP contribution in [-0.2, 0) is 4.76 Å².